The molecule has 3 saturated heterocycles. The highest BCUT2D eigenvalue weighted by Crippen LogP contribution is 2.50. The van der Waals surface area contributed by atoms with E-state index in [1.807, 2.05) is 18.9 Å². The SMILES string of the molecule is CCCCC1=C2CN(CC3OC4OC(C)(C)OC4C23O)N=N1. The first-order chi connectivity index (χ1) is 10.4. The van der Waals surface area contributed by atoms with Crippen LogP contribution in [0.4, 0.5) is 0 Å². The standard InChI is InChI=1S/C15H23N3O4/c1-4-5-6-10-9-7-18(17-16-10)8-11-15(9,19)12-13(20-11)22-14(2,3)21-12/h11-13,19H,4-8H2,1-3H3. The third-order valence-electron chi connectivity index (χ3n) is 4.89. The van der Waals surface area contributed by atoms with E-state index in [4.69, 9.17) is 14.2 Å². The normalized spacial score (nSPS) is 41.8. The lowest BCUT2D eigenvalue weighted by molar-refractivity contribution is -0.230. The maximum absolute atomic E-state index is 11.5. The first-order valence-corrected chi connectivity index (χ1v) is 8.06. The highest BCUT2D eigenvalue weighted by Gasteiger charge is 2.67. The van der Waals surface area contributed by atoms with Gasteiger partial charge in [0.1, 0.15) is 17.8 Å². The van der Waals surface area contributed by atoms with Crippen LogP contribution in [0.5, 0.6) is 0 Å². The van der Waals surface area contributed by atoms with Gasteiger partial charge < -0.3 is 19.3 Å². The predicted molar refractivity (Wildman–Crippen MR) is 76.6 cm³/mol. The monoisotopic (exact) mass is 309 g/mol. The van der Waals surface area contributed by atoms with Gasteiger partial charge in [-0.1, -0.05) is 18.6 Å². The number of piperidine rings is 1. The van der Waals surface area contributed by atoms with E-state index < -0.39 is 29.9 Å². The van der Waals surface area contributed by atoms with Crippen LogP contribution in [0.25, 0.3) is 0 Å². The lowest BCUT2D eigenvalue weighted by atomic mass is 9.79. The molecule has 22 heavy (non-hydrogen) atoms. The molecular weight excluding hydrogens is 286 g/mol. The van der Waals surface area contributed by atoms with Crippen molar-refractivity contribution in [1.82, 2.24) is 5.01 Å². The van der Waals surface area contributed by atoms with Crippen molar-refractivity contribution in [3.8, 4) is 0 Å². The van der Waals surface area contributed by atoms with Crippen molar-refractivity contribution in [2.45, 2.75) is 69.9 Å². The summed E-state index contributed by atoms with van der Waals surface area (Å²) in [6.07, 6.45) is 1.49. The van der Waals surface area contributed by atoms with Gasteiger partial charge in [-0.2, -0.15) is 0 Å². The molecule has 1 N–H and O–H groups in total. The molecule has 0 radical (unpaired) electrons. The average Bonchev–Trinajstić information content (AvgIpc) is 2.90. The Bertz CT molecular complexity index is 547. The van der Waals surface area contributed by atoms with Crippen molar-refractivity contribution in [2.75, 3.05) is 13.1 Å². The average molecular weight is 309 g/mol. The van der Waals surface area contributed by atoms with E-state index in [9.17, 15) is 5.11 Å². The van der Waals surface area contributed by atoms with E-state index >= 15 is 0 Å². The summed E-state index contributed by atoms with van der Waals surface area (Å²) in [6, 6.07) is 0. The van der Waals surface area contributed by atoms with Gasteiger partial charge in [-0.15, -0.1) is 5.11 Å². The highest BCUT2D eigenvalue weighted by molar-refractivity contribution is 5.35. The molecule has 7 heteroatoms. The van der Waals surface area contributed by atoms with Gasteiger partial charge in [-0.3, -0.25) is 5.01 Å². The number of fused-ring (bicyclic) bond motifs is 6. The Morgan fingerprint density at radius 3 is 2.95 bits per heavy atom. The Kier molecular flexibility index (Phi) is 3.14. The molecule has 7 nitrogen and oxygen atoms in total. The van der Waals surface area contributed by atoms with Crippen molar-refractivity contribution in [3.05, 3.63) is 11.3 Å². The molecule has 4 rings (SSSR count). The van der Waals surface area contributed by atoms with Crippen LogP contribution in [0.1, 0.15) is 40.0 Å². The largest absolute Gasteiger partial charge is 0.380 e. The van der Waals surface area contributed by atoms with Crippen molar-refractivity contribution in [1.29, 1.82) is 0 Å². The van der Waals surface area contributed by atoms with Crippen molar-refractivity contribution in [2.24, 2.45) is 10.3 Å². The molecule has 4 unspecified atom stereocenters. The van der Waals surface area contributed by atoms with E-state index in [1.54, 1.807) is 0 Å². The summed E-state index contributed by atoms with van der Waals surface area (Å²) in [5.41, 5.74) is 0.598. The van der Waals surface area contributed by atoms with Gasteiger partial charge in [0.05, 0.1) is 18.8 Å². The van der Waals surface area contributed by atoms with Gasteiger partial charge in [0.15, 0.2) is 12.1 Å². The lowest BCUT2D eigenvalue weighted by Crippen LogP contribution is -2.60. The summed E-state index contributed by atoms with van der Waals surface area (Å²) in [4.78, 5) is 0. The third kappa shape index (κ3) is 1.96. The van der Waals surface area contributed by atoms with Gasteiger partial charge in [0.25, 0.3) is 0 Å². The number of hydrogen-bond donors (Lipinski definition) is 1. The Morgan fingerprint density at radius 2 is 2.18 bits per heavy atom. The number of rotatable bonds is 3. The predicted octanol–water partition coefficient (Wildman–Crippen LogP) is 1.73. The van der Waals surface area contributed by atoms with Crippen LogP contribution in [0.15, 0.2) is 21.6 Å². The van der Waals surface area contributed by atoms with Crippen LogP contribution in [-0.2, 0) is 14.2 Å². The van der Waals surface area contributed by atoms with E-state index in [1.165, 1.54) is 0 Å². The molecule has 4 heterocycles. The molecule has 0 aromatic rings. The molecule has 0 aromatic carbocycles. The van der Waals surface area contributed by atoms with Gasteiger partial charge in [0, 0.05) is 5.57 Å². The topological polar surface area (TPSA) is 75.9 Å². The fourth-order valence-corrected chi connectivity index (χ4v) is 3.80. The summed E-state index contributed by atoms with van der Waals surface area (Å²) in [5.74, 6) is -0.743. The van der Waals surface area contributed by atoms with Crippen LogP contribution in [0, 0.1) is 0 Å². The molecule has 3 fully saturated rings. The van der Waals surface area contributed by atoms with E-state index in [0.29, 0.717) is 13.1 Å². The van der Waals surface area contributed by atoms with Crippen LogP contribution >= 0.6 is 0 Å². The van der Waals surface area contributed by atoms with Crippen LogP contribution in [0.2, 0.25) is 0 Å². The fraction of sp³-hybridized carbons (Fsp3) is 0.867. The molecule has 0 saturated carbocycles. The molecule has 0 aliphatic carbocycles. The molecule has 4 aliphatic heterocycles. The molecule has 0 amide bonds. The van der Waals surface area contributed by atoms with Crippen LogP contribution < -0.4 is 0 Å². The quantitative estimate of drug-likeness (QED) is 0.859. The first kappa shape index (κ1) is 14.6. The van der Waals surface area contributed by atoms with Gasteiger partial charge in [0.2, 0.25) is 0 Å². The van der Waals surface area contributed by atoms with Gasteiger partial charge >= 0.3 is 0 Å². The molecule has 2 bridgehead atoms. The zero-order chi connectivity index (χ0) is 15.5. The number of hydrogen-bond acceptors (Lipinski definition) is 7. The molecule has 4 aliphatic rings. The summed E-state index contributed by atoms with van der Waals surface area (Å²) in [5, 5.41) is 21.9. The smallest absolute Gasteiger partial charge is 0.190 e. The van der Waals surface area contributed by atoms with Crippen molar-refractivity contribution >= 4 is 0 Å². The number of unbranched alkanes of at least 4 members (excludes halogenated alkanes) is 1. The third-order valence-corrected chi connectivity index (χ3v) is 4.89. The van der Waals surface area contributed by atoms with Crippen molar-refractivity contribution in [3.63, 3.8) is 0 Å². The second-order valence-corrected chi connectivity index (χ2v) is 6.94. The van der Waals surface area contributed by atoms with E-state index in [0.717, 1.165) is 30.5 Å². The molecular formula is C15H23N3O4. The van der Waals surface area contributed by atoms with Crippen molar-refractivity contribution < 1.29 is 19.3 Å². The van der Waals surface area contributed by atoms with Gasteiger partial charge in [-0.25, -0.2) is 0 Å². The van der Waals surface area contributed by atoms with Gasteiger partial charge in [-0.05, 0) is 26.7 Å². The minimum Gasteiger partial charge on any atom is -0.380 e. The number of aliphatic hydroxyl groups is 1. The molecule has 4 atom stereocenters. The molecule has 122 valence electrons. The zero-order valence-corrected chi connectivity index (χ0v) is 13.3. The minimum absolute atomic E-state index is 0.391. The Balaban J connectivity index is 1.73. The maximum Gasteiger partial charge on any atom is 0.190 e. The Hall–Kier alpha value is -1.02. The summed E-state index contributed by atoms with van der Waals surface area (Å²) in [7, 11) is 0. The van der Waals surface area contributed by atoms with E-state index in [2.05, 4.69) is 17.3 Å². The zero-order valence-electron chi connectivity index (χ0n) is 13.3. The maximum atomic E-state index is 11.5. The number of nitrogens with zero attached hydrogens (tertiary/aromatic N) is 3. The number of allylic oxidation sites excluding steroid dienone is 1. The second kappa shape index (κ2) is 4.74. The summed E-state index contributed by atoms with van der Waals surface area (Å²) < 4.78 is 17.7. The lowest BCUT2D eigenvalue weighted by Gasteiger charge is -2.44. The summed E-state index contributed by atoms with van der Waals surface area (Å²) >= 11 is 0. The Morgan fingerprint density at radius 1 is 1.36 bits per heavy atom. The Labute approximate surface area is 129 Å². The fourth-order valence-electron chi connectivity index (χ4n) is 3.80. The molecule has 0 spiro atoms. The van der Waals surface area contributed by atoms with E-state index in [-0.39, 0.29) is 0 Å². The molecule has 0 aromatic heterocycles. The number of ether oxygens (including phenoxy) is 3. The highest BCUT2D eigenvalue weighted by atomic mass is 16.8. The summed E-state index contributed by atoms with van der Waals surface area (Å²) in [6.45, 7) is 6.92. The van der Waals surface area contributed by atoms with Crippen LogP contribution in [0.3, 0.4) is 0 Å². The van der Waals surface area contributed by atoms with Crippen LogP contribution in [-0.4, -0.2) is 53.1 Å². The second-order valence-electron chi connectivity index (χ2n) is 6.94. The minimum atomic E-state index is -1.17. The first-order valence-electron chi connectivity index (χ1n) is 8.06.